The molecular weight excluding hydrogens is 488 g/mol. The van der Waals surface area contributed by atoms with Gasteiger partial charge in [-0.1, -0.05) is 11.8 Å². The van der Waals surface area contributed by atoms with Crippen LogP contribution in [-0.4, -0.2) is 54.6 Å². The summed E-state index contributed by atoms with van der Waals surface area (Å²) in [6.07, 6.45) is 6.96. The zero-order valence-electron chi connectivity index (χ0n) is 22.2. The van der Waals surface area contributed by atoms with Crippen LogP contribution in [0.3, 0.4) is 0 Å². The molecule has 0 unspecified atom stereocenters. The smallest absolute Gasteiger partial charge is 0.223 e. The lowest BCUT2D eigenvalue weighted by molar-refractivity contribution is -0.132. The second-order valence-electron chi connectivity index (χ2n) is 11.2. The second-order valence-corrected chi connectivity index (χ2v) is 11.2. The largest absolute Gasteiger partial charge is 0.340 e. The van der Waals surface area contributed by atoms with Gasteiger partial charge in [0.15, 0.2) is 0 Å². The lowest BCUT2D eigenvalue weighted by atomic mass is 10.1. The van der Waals surface area contributed by atoms with Gasteiger partial charge in [0.1, 0.15) is 11.6 Å². The fraction of sp³-hybridized carbons (Fsp3) is 0.419. The van der Waals surface area contributed by atoms with E-state index >= 15 is 0 Å². The summed E-state index contributed by atoms with van der Waals surface area (Å²) in [5.74, 6) is 9.25. The zero-order valence-corrected chi connectivity index (χ0v) is 22.2. The second kappa shape index (κ2) is 9.57. The van der Waals surface area contributed by atoms with Crippen molar-refractivity contribution in [2.24, 2.45) is 5.92 Å². The molecule has 0 bridgehead atoms. The lowest BCUT2D eigenvalue weighted by Gasteiger charge is -2.23. The first-order chi connectivity index (χ1) is 19.0. The number of likely N-dealkylation sites (tertiary alicyclic amines) is 2. The van der Waals surface area contributed by atoms with E-state index in [1.54, 1.807) is 6.92 Å². The van der Waals surface area contributed by atoms with Gasteiger partial charge in [0.25, 0.3) is 0 Å². The van der Waals surface area contributed by atoms with Gasteiger partial charge in [-0.25, -0.2) is 9.97 Å². The van der Waals surface area contributed by atoms with Crippen molar-refractivity contribution in [2.75, 3.05) is 13.1 Å². The molecule has 4 heterocycles. The predicted molar refractivity (Wildman–Crippen MR) is 149 cm³/mol. The highest BCUT2D eigenvalue weighted by molar-refractivity contribution is 5.80. The van der Waals surface area contributed by atoms with Gasteiger partial charge in [0, 0.05) is 37.6 Å². The van der Waals surface area contributed by atoms with Crippen molar-refractivity contribution >= 4 is 33.9 Å². The first-order valence-corrected chi connectivity index (χ1v) is 14.1. The molecule has 3 fully saturated rings. The summed E-state index contributed by atoms with van der Waals surface area (Å²) in [4.78, 5) is 45.2. The Balaban J connectivity index is 1.10. The molecular formula is C31H32N6O2. The van der Waals surface area contributed by atoms with Gasteiger partial charge in [0.05, 0.1) is 34.2 Å². The Morgan fingerprint density at radius 2 is 1.36 bits per heavy atom. The monoisotopic (exact) mass is 520 g/mol. The van der Waals surface area contributed by atoms with Gasteiger partial charge < -0.3 is 19.8 Å². The number of aromatic amines is 2. The average Bonchev–Trinajstić information content (AvgIpc) is 3.40. The van der Waals surface area contributed by atoms with E-state index in [2.05, 4.69) is 21.8 Å². The molecule has 3 aliphatic rings. The van der Waals surface area contributed by atoms with Gasteiger partial charge in [0.2, 0.25) is 11.8 Å². The summed E-state index contributed by atoms with van der Waals surface area (Å²) in [6, 6.07) is 12.1. The van der Waals surface area contributed by atoms with Crippen LogP contribution >= 0.6 is 0 Å². The molecule has 39 heavy (non-hydrogen) atoms. The molecule has 4 aromatic rings. The Hall–Kier alpha value is -4.12. The number of aromatic nitrogens is 4. The van der Waals surface area contributed by atoms with Crippen LogP contribution in [0.25, 0.3) is 22.1 Å². The highest BCUT2D eigenvalue weighted by Gasteiger charge is 2.35. The molecule has 2 aromatic carbocycles. The molecule has 7 rings (SSSR count). The van der Waals surface area contributed by atoms with Crippen molar-refractivity contribution in [1.29, 1.82) is 0 Å². The third-order valence-electron chi connectivity index (χ3n) is 8.37. The van der Waals surface area contributed by atoms with Gasteiger partial charge >= 0.3 is 0 Å². The fourth-order valence-corrected chi connectivity index (χ4v) is 6.14. The predicted octanol–water partition coefficient (Wildman–Crippen LogP) is 4.99. The molecule has 198 valence electrons. The van der Waals surface area contributed by atoms with Crippen molar-refractivity contribution in [1.82, 2.24) is 29.7 Å². The van der Waals surface area contributed by atoms with Crippen LogP contribution in [-0.2, 0) is 9.59 Å². The standard InChI is InChI=1S/C31H32N6O2/c1-19(38)36-14-2-4-27(36)30-32-23-12-10-20(16-25(23)34-30)6-7-21-11-13-24-26(17-21)35-31(33-24)28-5-3-15-37(28)29(39)18-22-8-9-22/h10-13,16-17,22,27-28H,2-5,8-9,14-15,18H2,1H3,(H,32,34)(H,33,35)/t27-,28-/m0/s1. The van der Waals surface area contributed by atoms with E-state index in [-0.39, 0.29) is 23.9 Å². The third-order valence-corrected chi connectivity index (χ3v) is 8.37. The Bertz CT molecular complexity index is 1650. The molecule has 0 radical (unpaired) electrons. The number of H-pyrrole nitrogens is 2. The lowest BCUT2D eigenvalue weighted by Crippen LogP contribution is -2.31. The molecule has 8 heteroatoms. The fourth-order valence-electron chi connectivity index (χ4n) is 6.14. The quantitative estimate of drug-likeness (QED) is 0.371. The van der Waals surface area contributed by atoms with Crippen LogP contribution in [0.4, 0.5) is 0 Å². The minimum Gasteiger partial charge on any atom is -0.340 e. The maximum Gasteiger partial charge on any atom is 0.223 e. The van der Waals surface area contributed by atoms with E-state index in [0.29, 0.717) is 12.3 Å². The van der Waals surface area contributed by atoms with Gasteiger partial charge in [-0.2, -0.15) is 0 Å². The number of carbonyl (C=O) groups excluding carboxylic acids is 2. The number of hydrogen-bond acceptors (Lipinski definition) is 4. The number of nitrogens with zero attached hydrogens (tertiary/aromatic N) is 4. The molecule has 1 aliphatic carbocycles. The third kappa shape index (κ3) is 4.67. The van der Waals surface area contributed by atoms with Crippen molar-refractivity contribution in [2.45, 2.75) is 64.0 Å². The van der Waals surface area contributed by atoms with Crippen LogP contribution in [0.5, 0.6) is 0 Å². The van der Waals surface area contributed by atoms with Crippen LogP contribution in [0.15, 0.2) is 36.4 Å². The number of fused-ring (bicyclic) bond motifs is 2. The maximum atomic E-state index is 12.8. The number of nitrogens with one attached hydrogen (secondary N) is 2. The number of benzene rings is 2. The topological polar surface area (TPSA) is 98.0 Å². The molecule has 2 amide bonds. The summed E-state index contributed by atoms with van der Waals surface area (Å²) in [7, 11) is 0. The van der Waals surface area contributed by atoms with Gasteiger partial charge in [-0.3, -0.25) is 9.59 Å². The molecule has 2 atom stereocenters. The minimum atomic E-state index is 0.0167. The molecule has 8 nitrogen and oxygen atoms in total. The summed E-state index contributed by atoms with van der Waals surface area (Å²) >= 11 is 0. The van der Waals surface area contributed by atoms with Crippen molar-refractivity contribution in [3.05, 3.63) is 59.2 Å². The minimum absolute atomic E-state index is 0.0167. The normalized spacial score (nSPS) is 21.1. The summed E-state index contributed by atoms with van der Waals surface area (Å²) in [5.41, 5.74) is 5.45. The van der Waals surface area contributed by atoms with Gasteiger partial charge in [-0.15, -0.1) is 0 Å². The molecule has 2 aromatic heterocycles. The number of carbonyl (C=O) groups is 2. The molecule has 1 saturated carbocycles. The molecule has 2 aliphatic heterocycles. The first-order valence-electron chi connectivity index (χ1n) is 14.1. The highest BCUT2D eigenvalue weighted by Crippen LogP contribution is 2.37. The average molecular weight is 521 g/mol. The number of rotatable bonds is 4. The Morgan fingerprint density at radius 1 is 0.821 bits per heavy atom. The zero-order chi connectivity index (χ0) is 26.5. The highest BCUT2D eigenvalue weighted by atomic mass is 16.2. The number of amides is 2. The summed E-state index contributed by atoms with van der Waals surface area (Å²) in [6.45, 7) is 3.23. The Labute approximate surface area is 227 Å². The first kappa shape index (κ1) is 24.0. The van der Waals surface area contributed by atoms with E-state index in [9.17, 15) is 9.59 Å². The maximum absolute atomic E-state index is 12.8. The van der Waals surface area contributed by atoms with E-state index in [0.717, 1.165) is 83.6 Å². The summed E-state index contributed by atoms with van der Waals surface area (Å²) < 4.78 is 0. The van der Waals surface area contributed by atoms with Crippen molar-refractivity contribution in [3.8, 4) is 11.8 Å². The van der Waals surface area contributed by atoms with E-state index in [1.807, 2.05) is 46.2 Å². The SMILES string of the molecule is CC(=O)N1CCC[C@H]1c1nc2ccc(C#Cc3ccc4nc([C@@H]5CCCN5C(=O)CC5CC5)[nH]c4c3)cc2[nH]1. The van der Waals surface area contributed by atoms with E-state index < -0.39 is 0 Å². The van der Waals surface area contributed by atoms with Crippen molar-refractivity contribution in [3.63, 3.8) is 0 Å². The van der Waals surface area contributed by atoms with Gasteiger partial charge in [-0.05, 0) is 80.8 Å². The van der Waals surface area contributed by atoms with E-state index in [4.69, 9.17) is 9.97 Å². The van der Waals surface area contributed by atoms with Crippen LogP contribution in [0, 0.1) is 17.8 Å². The Kier molecular flexibility index (Phi) is 5.88. The molecule has 2 saturated heterocycles. The molecule has 2 N–H and O–H groups in total. The number of imidazole rings is 2. The summed E-state index contributed by atoms with van der Waals surface area (Å²) in [5, 5.41) is 0. The van der Waals surface area contributed by atoms with Crippen LogP contribution in [0.2, 0.25) is 0 Å². The van der Waals surface area contributed by atoms with Crippen LogP contribution < -0.4 is 0 Å². The van der Waals surface area contributed by atoms with Crippen LogP contribution in [0.1, 0.15) is 86.7 Å². The molecule has 0 spiro atoms. The number of hydrogen-bond donors (Lipinski definition) is 2. The Morgan fingerprint density at radius 3 is 1.90 bits per heavy atom. The van der Waals surface area contributed by atoms with E-state index in [1.165, 1.54) is 12.8 Å². The van der Waals surface area contributed by atoms with Crippen molar-refractivity contribution < 1.29 is 9.59 Å².